The summed E-state index contributed by atoms with van der Waals surface area (Å²) in [4.78, 5) is 0. The van der Waals surface area contributed by atoms with E-state index in [-0.39, 0.29) is 12.4 Å². The van der Waals surface area contributed by atoms with Gasteiger partial charge in [0.2, 0.25) is 10.0 Å². The molecule has 1 N–H and O–H groups in total. The van der Waals surface area contributed by atoms with Gasteiger partial charge in [-0.3, -0.25) is 4.72 Å². The van der Waals surface area contributed by atoms with E-state index in [0.29, 0.717) is 23.8 Å². The standard InChI is InChI=1S/C18H23NO4S/c1-3-15-9-11-16(12-10-15)23-13-14-24(20,21)19-17-7-5-6-8-18(17)22-4-2/h5-12,19H,3-4,13-14H2,1-2H3. The van der Waals surface area contributed by atoms with Crippen molar-refractivity contribution < 1.29 is 17.9 Å². The van der Waals surface area contributed by atoms with Gasteiger partial charge in [-0.15, -0.1) is 0 Å². The predicted octanol–water partition coefficient (Wildman–Crippen LogP) is 3.47. The van der Waals surface area contributed by atoms with E-state index >= 15 is 0 Å². The summed E-state index contributed by atoms with van der Waals surface area (Å²) in [5.74, 6) is 1.04. The maximum absolute atomic E-state index is 12.2. The molecule has 0 aliphatic heterocycles. The molecule has 0 spiro atoms. The van der Waals surface area contributed by atoms with E-state index in [2.05, 4.69) is 11.6 Å². The van der Waals surface area contributed by atoms with Crippen molar-refractivity contribution >= 4 is 15.7 Å². The molecule has 0 bridgehead atoms. The fourth-order valence-corrected chi connectivity index (χ4v) is 3.05. The van der Waals surface area contributed by atoms with Crippen LogP contribution in [-0.4, -0.2) is 27.4 Å². The van der Waals surface area contributed by atoms with E-state index in [1.165, 1.54) is 5.56 Å². The van der Waals surface area contributed by atoms with Crippen molar-refractivity contribution in [3.63, 3.8) is 0 Å². The Labute approximate surface area is 143 Å². The van der Waals surface area contributed by atoms with Gasteiger partial charge in [-0.25, -0.2) is 8.42 Å². The maximum atomic E-state index is 12.2. The molecule has 0 saturated heterocycles. The molecule has 2 aromatic carbocycles. The normalized spacial score (nSPS) is 11.1. The largest absolute Gasteiger partial charge is 0.492 e. The molecule has 24 heavy (non-hydrogen) atoms. The fraction of sp³-hybridized carbons (Fsp3) is 0.333. The van der Waals surface area contributed by atoms with Gasteiger partial charge >= 0.3 is 0 Å². The van der Waals surface area contributed by atoms with Gasteiger partial charge in [0.1, 0.15) is 23.9 Å². The Bertz CT molecular complexity index is 742. The Kier molecular flexibility index (Phi) is 6.49. The molecule has 0 saturated carbocycles. The summed E-state index contributed by atoms with van der Waals surface area (Å²) >= 11 is 0. The zero-order chi connectivity index (χ0) is 17.4. The molecular weight excluding hydrogens is 326 g/mol. The SMILES string of the molecule is CCOc1ccccc1NS(=O)(=O)CCOc1ccc(CC)cc1. The van der Waals surface area contributed by atoms with Crippen LogP contribution in [0.2, 0.25) is 0 Å². The van der Waals surface area contributed by atoms with Gasteiger partial charge in [-0.05, 0) is 43.2 Å². The van der Waals surface area contributed by atoms with Crippen LogP contribution in [0.25, 0.3) is 0 Å². The lowest BCUT2D eigenvalue weighted by atomic mass is 10.2. The molecule has 130 valence electrons. The monoisotopic (exact) mass is 349 g/mol. The van der Waals surface area contributed by atoms with Gasteiger partial charge in [-0.1, -0.05) is 31.2 Å². The third-order valence-corrected chi connectivity index (χ3v) is 4.64. The average molecular weight is 349 g/mol. The van der Waals surface area contributed by atoms with Crippen LogP contribution in [0.1, 0.15) is 19.4 Å². The van der Waals surface area contributed by atoms with Crippen molar-refractivity contribution in [3.8, 4) is 11.5 Å². The number of rotatable bonds is 9. The molecule has 5 nitrogen and oxygen atoms in total. The first-order chi connectivity index (χ1) is 11.5. The van der Waals surface area contributed by atoms with Crippen molar-refractivity contribution in [1.82, 2.24) is 0 Å². The van der Waals surface area contributed by atoms with E-state index in [1.807, 2.05) is 31.2 Å². The second-order valence-electron chi connectivity index (χ2n) is 5.20. The average Bonchev–Trinajstić information content (AvgIpc) is 2.57. The summed E-state index contributed by atoms with van der Waals surface area (Å²) in [5, 5.41) is 0. The topological polar surface area (TPSA) is 64.6 Å². The first-order valence-electron chi connectivity index (χ1n) is 7.98. The summed E-state index contributed by atoms with van der Waals surface area (Å²) in [6, 6.07) is 14.6. The number of benzene rings is 2. The highest BCUT2D eigenvalue weighted by Gasteiger charge is 2.13. The van der Waals surface area contributed by atoms with Crippen molar-refractivity contribution in [2.45, 2.75) is 20.3 Å². The second-order valence-corrected chi connectivity index (χ2v) is 7.04. The number of hydrogen-bond donors (Lipinski definition) is 1. The van der Waals surface area contributed by atoms with Crippen LogP contribution in [0.4, 0.5) is 5.69 Å². The molecule has 0 atom stereocenters. The molecule has 0 amide bonds. The minimum atomic E-state index is -3.51. The molecule has 0 aliphatic rings. The number of ether oxygens (including phenoxy) is 2. The van der Waals surface area contributed by atoms with Gasteiger partial charge in [0, 0.05) is 0 Å². The molecule has 6 heteroatoms. The number of nitrogens with one attached hydrogen (secondary N) is 1. The van der Waals surface area contributed by atoms with E-state index in [1.54, 1.807) is 24.3 Å². The highest BCUT2D eigenvalue weighted by molar-refractivity contribution is 7.92. The minimum Gasteiger partial charge on any atom is -0.492 e. The Morgan fingerprint density at radius 3 is 2.33 bits per heavy atom. The summed E-state index contributed by atoms with van der Waals surface area (Å²) in [7, 11) is -3.51. The van der Waals surface area contributed by atoms with Crippen molar-refractivity contribution in [3.05, 3.63) is 54.1 Å². The second kappa shape index (κ2) is 8.59. The molecule has 0 unspecified atom stereocenters. The first-order valence-corrected chi connectivity index (χ1v) is 9.63. The van der Waals surface area contributed by atoms with Gasteiger partial charge in [0.05, 0.1) is 12.3 Å². The van der Waals surface area contributed by atoms with Crippen LogP contribution in [0.3, 0.4) is 0 Å². The zero-order valence-corrected chi connectivity index (χ0v) is 14.8. The number of para-hydroxylation sites is 2. The lowest BCUT2D eigenvalue weighted by Gasteiger charge is -2.13. The molecular formula is C18H23NO4S. The summed E-state index contributed by atoms with van der Waals surface area (Å²) in [6.07, 6.45) is 0.956. The summed E-state index contributed by atoms with van der Waals surface area (Å²) in [5.41, 5.74) is 1.65. The van der Waals surface area contributed by atoms with Crippen LogP contribution in [0.5, 0.6) is 11.5 Å². The lowest BCUT2D eigenvalue weighted by molar-refractivity contribution is 0.340. The summed E-state index contributed by atoms with van der Waals surface area (Å²) < 4.78 is 37.9. The molecule has 0 heterocycles. The molecule has 2 aromatic rings. The maximum Gasteiger partial charge on any atom is 0.236 e. The quantitative estimate of drug-likeness (QED) is 0.753. The fourth-order valence-electron chi connectivity index (χ4n) is 2.14. The number of aryl methyl sites for hydroxylation is 1. The molecule has 0 radical (unpaired) electrons. The smallest absolute Gasteiger partial charge is 0.236 e. The highest BCUT2D eigenvalue weighted by atomic mass is 32.2. The number of hydrogen-bond acceptors (Lipinski definition) is 4. The third-order valence-electron chi connectivity index (χ3n) is 3.40. The van der Waals surface area contributed by atoms with Gasteiger partial charge in [0.25, 0.3) is 0 Å². The van der Waals surface area contributed by atoms with E-state index < -0.39 is 10.0 Å². The number of anilines is 1. The van der Waals surface area contributed by atoms with E-state index in [0.717, 1.165) is 6.42 Å². The van der Waals surface area contributed by atoms with Crippen LogP contribution >= 0.6 is 0 Å². The highest BCUT2D eigenvalue weighted by Crippen LogP contribution is 2.24. The molecule has 0 aliphatic carbocycles. The Morgan fingerprint density at radius 1 is 0.958 bits per heavy atom. The van der Waals surface area contributed by atoms with Crippen molar-refractivity contribution in [1.29, 1.82) is 0 Å². The Balaban J connectivity index is 1.91. The van der Waals surface area contributed by atoms with E-state index in [9.17, 15) is 8.42 Å². The molecule has 2 rings (SSSR count). The van der Waals surface area contributed by atoms with Gasteiger partial charge in [-0.2, -0.15) is 0 Å². The number of sulfonamides is 1. The molecule has 0 aromatic heterocycles. The Morgan fingerprint density at radius 2 is 1.67 bits per heavy atom. The molecule has 0 fully saturated rings. The summed E-state index contributed by atoms with van der Waals surface area (Å²) in [6.45, 7) is 4.48. The van der Waals surface area contributed by atoms with Crippen LogP contribution in [0.15, 0.2) is 48.5 Å². The Hall–Kier alpha value is -2.21. The van der Waals surface area contributed by atoms with Crippen LogP contribution in [-0.2, 0) is 16.4 Å². The lowest BCUT2D eigenvalue weighted by Crippen LogP contribution is -2.21. The predicted molar refractivity (Wildman–Crippen MR) is 96.3 cm³/mol. The van der Waals surface area contributed by atoms with Gasteiger partial charge < -0.3 is 9.47 Å². The third kappa shape index (κ3) is 5.45. The van der Waals surface area contributed by atoms with Crippen molar-refractivity contribution in [2.24, 2.45) is 0 Å². The van der Waals surface area contributed by atoms with Gasteiger partial charge in [0.15, 0.2) is 0 Å². The van der Waals surface area contributed by atoms with Crippen LogP contribution in [0, 0.1) is 0 Å². The van der Waals surface area contributed by atoms with Crippen molar-refractivity contribution in [2.75, 3.05) is 23.7 Å². The van der Waals surface area contributed by atoms with E-state index in [4.69, 9.17) is 9.47 Å². The first kappa shape index (κ1) is 18.1. The minimum absolute atomic E-state index is 0.0810. The zero-order valence-electron chi connectivity index (χ0n) is 14.0. The van der Waals surface area contributed by atoms with Crippen LogP contribution < -0.4 is 14.2 Å².